The van der Waals surface area contributed by atoms with Gasteiger partial charge in [-0.15, -0.1) is 0 Å². The van der Waals surface area contributed by atoms with Crippen molar-refractivity contribution in [3.05, 3.63) is 47.7 Å². The second-order valence-electron chi connectivity index (χ2n) is 6.51. The second-order valence-corrected chi connectivity index (χ2v) is 6.51. The average molecular weight is 294 g/mol. The van der Waals surface area contributed by atoms with Crippen molar-refractivity contribution in [2.75, 3.05) is 6.54 Å². The van der Waals surface area contributed by atoms with Crippen LogP contribution in [0.25, 0.3) is 11.3 Å². The highest BCUT2D eigenvalue weighted by molar-refractivity contribution is 5.73. The number of fused-ring (bicyclic) bond motifs is 1. The van der Waals surface area contributed by atoms with Gasteiger partial charge in [0, 0.05) is 37.4 Å². The molecule has 4 rings (SSSR count). The minimum Gasteiger partial charge on any atom is -0.341 e. The number of amides is 1. The summed E-state index contributed by atoms with van der Waals surface area (Å²) in [7, 11) is 0. The number of rotatable bonds is 2. The summed E-state index contributed by atoms with van der Waals surface area (Å²) in [5, 5.41) is 0. The molecule has 2 heterocycles. The summed E-state index contributed by atoms with van der Waals surface area (Å²) in [5.41, 5.74) is 5.43. The second kappa shape index (κ2) is 5.31. The average Bonchev–Trinajstić information content (AvgIpc) is 3.33. The van der Waals surface area contributed by atoms with Crippen LogP contribution in [0.4, 0.5) is 0 Å². The van der Waals surface area contributed by atoms with Crippen LogP contribution in [0.2, 0.25) is 0 Å². The third-order valence-electron chi connectivity index (χ3n) is 4.86. The van der Waals surface area contributed by atoms with Crippen LogP contribution in [0.15, 0.2) is 36.4 Å². The summed E-state index contributed by atoms with van der Waals surface area (Å²) in [6.45, 7) is 3.33. The molecular formula is C19H22N2O. The maximum atomic E-state index is 11.8. The van der Waals surface area contributed by atoms with E-state index in [1.807, 2.05) is 4.90 Å². The molecule has 3 nitrogen and oxygen atoms in total. The number of hydrogen-bond donors (Lipinski definition) is 0. The van der Waals surface area contributed by atoms with Gasteiger partial charge in [0.2, 0.25) is 5.91 Å². The van der Waals surface area contributed by atoms with Crippen LogP contribution in [-0.2, 0) is 17.8 Å². The number of aromatic nitrogens is 1. The Labute approximate surface area is 131 Å². The summed E-state index contributed by atoms with van der Waals surface area (Å²) in [6, 6.07) is 13.6. The molecule has 1 saturated carbocycles. The summed E-state index contributed by atoms with van der Waals surface area (Å²) in [6.07, 6.45) is 4.73. The van der Waals surface area contributed by atoms with Crippen LogP contribution in [0.1, 0.15) is 43.5 Å². The van der Waals surface area contributed by atoms with E-state index in [1.54, 1.807) is 6.92 Å². The molecule has 1 aliphatic heterocycles. The van der Waals surface area contributed by atoms with E-state index >= 15 is 0 Å². The summed E-state index contributed by atoms with van der Waals surface area (Å²) >= 11 is 0. The molecule has 0 radical (unpaired) electrons. The van der Waals surface area contributed by atoms with Gasteiger partial charge in [0.05, 0.1) is 0 Å². The lowest BCUT2D eigenvalue weighted by Gasteiger charge is -2.17. The lowest BCUT2D eigenvalue weighted by Crippen LogP contribution is -2.27. The van der Waals surface area contributed by atoms with Gasteiger partial charge in [-0.25, -0.2) is 0 Å². The van der Waals surface area contributed by atoms with Crippen LogP contribution < -0.4 is 0 Å². The highest BCUT2D eigenvalue weighted by Gasteiger charge is 2.31. The fourth-order valence-corrected chi connectivity index (χ4v) is 3.61. The molecule has 1 fully saturated rings. The van der Waals surface area contributed by atoms with Crippen LogP contribution in [0.5, 0.6) is 0 Å². The van der Waals surface area contributed by atoms with Crippen molar-refractivity contribution < 1.29 is 4.79 Å². The van der Waals surface area contributed by atoms with Gasteiger partial charge in [-0.1, -0.05) is 30.3 Å². The van der Waals surface area contributed by atoms with Crippen molar-refractivity contribution in [2.45, 2.75) is 45.2 Å². The Hall–Kier alpha value is -2.03. The van der Waals surface area contributed by atoms with E-state index in [9.17, 15) is 4.79 Å². The van der Waals surface area contributed by atoms with Crippen molar-refractivity contribution >= 4 is 5.91 Å². The molecule has 1 amide bonds. The molecule has 0 spiro atoms. The number of hydrogen-bond acceptors (Lipinski definition) is 1. The lowest BCUT2D eigenvalue weighted by molar-refractivity contribution is -0.129. The van der Waals surface area contributed by atoms with Crippen molar-refractivity contribution in [1.82, 2.24) is 9.47 Å². The summed E-state index contributed by atoms with van der Waals surface area (Å²) in [5.74, 6) is 0.188. The Morgan fingerprint density at radius 3 is 2.64 bits per heavy atom. The van der Waals surface area contributed by atoms with Crippen molar-refractivity contribution in [3.63, 3.8) is 0 Å². The predicted octanol–water partition coefficient (Wildman–Crippen LogP) is 3.78. The molecule has 1 aromatic carbocycles. The molecule has 0 unspecified atom stereocenters. The van der Waals surface area contributed by atoms with Crippen LogP contribution in [0.3, 0.4) is 0 Å². The molecule has 0 N–H and O–H groups in total. The fraction of sp³-hybridized carbons (Fsp3) is 0.421. The largest absolute Gasteiger partial charge is 0.341 e. The number of carbonyl (C=O) groups is 1. The van der Waals surface area contributed by atoms with E-state index in [2.05, 4.69) is 41.0 Å². The van der Waals surface area contributed by atoms with Gasteiger partial charge in [-0.2, -0.15) is 0 Å². The van der Waals surface area contributed by atoms with E-state index in [-0.39, 0.29) is 5.91 Å². The minimum atomic E-state index is 0.188. The monoisotopic (exact) mass is 294 g/mol. The van der Waals surface area contributed by atoms with Gasteiger partial charge >= 0.3 is 0 Å². The molecule has 0 saturated heterocycles. The Morgan fingerprint density at radius 1 is 1.18 bits per heavy atom. The molecule has 0 atom stereocenters. The lowest BCUT2D eigenvalue weighted by atomic mass is 10.1. The van der Waals surface area contributed by atoms with E-state index in [0.717, 1.165) is 25.9 Å². The summed E-state index contributed by atoms with van der Waals surface area (Å²) in [4.78, 5) is 13.8. The molecular weight excluding hydrogens is 272 g/mol. The number of carbonyl (C=O) groups excluding carboxylic acids is 1. The van der Waals surface area contributed by atoms with E-state index < -0.39 is 0 Å². The zero-order valence-electron chi connectivity index (χ0n) is 13.1. The first-order chi connectivity index (χ1) is 10.7. The van der Waals surface area contributed by atoms with Crippen molar-refractivity contribution in [3.8, 4) is 11.3 Å². The third kappa shape index (κ3) is 2.35. The molecule has 0 bridgehead atoms. The quantitative estimate of drug-likeness (QED) is 0.827. The Morgan fingerprint density at radius 2 is 1.95 bits per heavy atom. The molecule has 1 aromatic heterocycles. The molecule has 3 heteroatoms. The first kappa shape index (κ1) is 13.6. The van der Waals surface area contributed by atoms with Crippen molar-refractivity contribution in [1.29, 1.82) is 0 Å². The fourth-order valence-electron chi connectivity index (χ4n) is 3.61. The number of nitrogens with zero attached hydrogens (tertiary/aromatic N) is 2. The van der Waals surface area contributed by atoms with E-state index in [0.29, 0.717) is 6.04 Å². The molecule has 1 aliphatic carbocycles. The third-order valence-corrected chi connectivity index (χ3v) is 4.86. The van der Waals surface area contributed by atoms with Gasteiger partial charge < -0.3 is 9.47 Å². The van der Waals surface area contributed by atoms with Crippen LogP contribution in [-0.4, -0.2) is 21.9 Å². The Balaban J connectivity index is 1.81. The molecule has 2 aromatic rings. The van der Waals surface area contributed by atoms with Gasteiger partial charge in [-0.3, -0.25) is 4.79 Å². The van der Waals surface area contributed by atoms with Gasteiger partial charge in [-0.05, 0) is 42.9 Å². The maximum Gasteiger partial charge on any atom is 0.219 e. The number of benzene rings is 1. The molecule has 114 valence electrons. The smallest absolute Gasteiger partial charge is 0.219 e. The Kier molecular flexibility index (Phi) is 3.29. The van der Waals surface area contributed by atoms with Gasteiger partial charge in [0.25, 0.3) is 0 Å². The zero-order valence-corrected chi connectivity index (χ0v) is 13.1. The van der Waals surface area contributed by atoms with Crippen molar-refractivity contribution in [2.24, 2.45) is 0 Å². The molecule has 2 aliphatic rings. The molecule has 22 heavy (non-hydrogen) atoms. The minimum absolute atomic E-state index is 0.188. The first-order valence-corrected chi connectivity index (χ1v) is 8.28. The first-order valence-electron chi connectivity index (χ1n) is 8.28. The van der Waals surface area contributed by atoms with Gasteiger partial charge in [0.15, 0.2) is 0 Å². The van der Waals surface area contributed by atoms with Crippen LogP contribution >= 0.6 is 0 Å². The highest BCUT2D eigenvalue weighted by atomic mass is 16.2. The van der Waals surface area contributed by atoms with Crippen LogP contribution in [0, 0.1) is 0 Å². The standard InChI is InChI=1S/C19H22N2O/c1-14(22)20-11-5-8-18-16(13-20)12-19(21(18)17-9-10-17)15-6-3-2-4-7-15/h2-4,6-7,12,17H,5,8-11,13H2,1H3. The van der Waals surface area contributed by atoms with E-state index in [4.69, 9.17) is 0 Å². The predicted molar refractivity (Wildman–Crippen MR) is 87.6 cm³/mol. The maximum absolute atomic E-state index is 11.8. The Bertz CT molecular complexity index is 698. The zero-order chi connectivity index (χ0) is 15.1. The van der Waals surface area contributed by atoms with Gasteiger partial charge in [0.1, 0.15) is 0 Å². The summed E-state index contributed by atoms with van der Waals surface area (Å²) < 4.78 is 2.56. The highest BCUT2D eigenvalue weighted by Crippen LogP contribution is 2.42. The SMILES string of the molecule is CC(=O)N1CCCc2c(cc(-c3ccccc3)n2C2CC2)C1. The normalized spacial score (nSPS) is 18.0. The van der Waals surface area contributed by atoms with E-state index in [1.165, 1.54) is 35.4 Å². The topological polar surface area (TPSA) is 25.2 Å².